The topological polar surface area (TPSA) is 117 Å². The highest BCUT2D eigenvalue weighted by Gasteiger charge is 2.28. The average molecular weight is 487 g/mol. The fourth-order valence-corrected chi connectivity index (χ4v) is 4.11. The van der Waals surface area contributed by atoms with Crippen molar-refractivity contribution < 1.29 is 38.1 Å². The molecule has 0 aliphatic carbocycles. The maximum atomic E-state index is 12.6. The predicted octanol–water partition coefficient (Wildman–Crippen LogP) is 3.87. The molecule has 1 atom stereocenters. The molecule has 182 valence electrons. The second kappa shape index (κ2) is 9.53. The van der Waals surface area contributed by atoms with Crippen LogP contribution in [0.2, 0.25) is 0 Å². The zero-order valence-electron chi connectivity index (χ0n) is 19.2. The van der Waals surface area contributed by atoms with E-state index in [2.05, 4.69) is 5.32 Å². The van der Waals surface area contributed by atoms with Crippen molar-refractivity contribution in [1.29, 1.82) is 0 Å². The molecule has 2 aliphatic rings. The number of benzene rings is 3. The molecular weight excluding hydrogens is 466 g/mol. The number of esters is 2. The maximum Gasteiger partial charge on any atom is 0.339 e. The van der Waals surface area contributed by atoms with Gasteiger partial charge in [-0.05, 0) is 42.3 Å². The van der Waals surface area contributed by atoms with E-state index in [1.807, 2.05) is 30.3 Å². The summed E-state index contributed by atoms with van der Waals surface area (Å²) in [6.45, 7) is 0.810. The summed E-state index contributed by atoms with van der Waals surface area (Å²) in [6, 6.07) is 16.9. The van der Waals surface area contributed by atoms with Crippen LogP contribution < -0.4 is 14.8 Å². The summed E-state index contributed by atoms with van der Waals surface area (Å²) in [5.41, 5.74) is 2.58. The first-order valence-electron chi connectivity index (χ1n) is 11.2. The van der Waals surface area contributed by atoms with Gasteiger partial charge in [0.1, 0.15) is 6.10 Å². The number of ketones is 1. The number of nitrogens with one attached hydrogen (secondary N) is 1. The van der Waals surface area contributed by atoms with Crippen LogP contribution in [-0.2, 0) is 20.7 Å². The number of hydrogen-bond acceptors (Lipinski definition) is 8. The summed E-state index contributed by atoms with van der Waals surface area (Å²) < 4.78 is 21.3. The van der Waals surface area contributed by atoms with Crippen molar-refractivity contribution in [2.45, 2.75) is 19.4 Å². The van der Waals surface area contributed by atoms with E-state index >= 15 is 0 Å². The Morgan fingerprint density at radius 3 is 2.50 bits per heavy atom. The van der Waals surface area contributed by atoms with Crippen LogP contribution in [0.3, 0.4) is 0 Å². The summed E-state index contributed by atoms with van der Waals surface area (Å²) in [4.78, 5) is 49.5. The first kappa shape index (κ1) is 23.1. The quantitative estimate of drug-likeness (QED) is 0.411. The Balaban J connectivity index is 1.25. The van der Waals surface area contributed by atoms with Gasteiger partial charge in [-0.25, -0.2) is 9.59 Å². The zero-order valence-corrected chi connectivity index (χ0v) is 19.2. The van der Waals surface area contributed by atoms with Crippen LogP contribution in [0.1, 0.15) is 55.2 Å². The van der Waals surface area contributed by atoms with Crippen LogP contribution in [0.15, 0.2) is 60.7 Å². The smallest absolute Gasteiger partial charge is 0.339 e. The molecule has 9 heteroatoms. The SMILES string of the molecule is CC(=O)c1cc2c(cc1NC(=O)COC(=O)c1ccc3c(c1)CC(c1ccccc1)OC3=O)OCO2. The number of amides is 1. The highest BCUT2D eigenvalue weighted by atomic mass is 16.7. The highest BCUT2D eigenvalue weighted by Crippen LogP contribution is 2.37. The Hall–Kier alpha value is -4.66. The van der Waals surface area contributed by atoms with Crippen molar-refractivity contribution in [3.63, 3.8) is 0 Å². The Bertz CT molecular complexity index is 1380. The molecule has 5 rings (SSSR count). The average Bonchev–Trinajstić information content (AvgIpc) is 3.34. The molecule has 1 amide bonds. The second-order valence-electron chi connectivity index (χ2n) is 8.31. The Morgan fingerprint density at radius 1 is 1.00 bits per heavy atom. The molecule has 0 radical (unpaired) electrons. The number of carbonyl (C=O) groups is 4. The van der Waals surface area contributed by atoms with Crippen LogP contribution in [0.4, 0.5) is 5.69 Å². The normalized spacial score (nSPS) is 15.5. The molecule has 0 saturated heterocycles. The lowest BCUT2D eigenvalue weighted by molar-refractivity contribution is -0.119. The number of carbonyl (C=O) groups excluding carboxylic acids is 4. The van der Waals surface area contributed by atoms with Crippen molar-refractivity contribution in [1.82, 2.24) is 0 Å². The number of hydrogen-bond donors (Lipinski definition) is 1. The van der Waals surface area contributed by atoms with Crippen molar-refractivity contribution >= 4 is 29.3 Å². The Kier molecular flexibility index (Phi) is 6.12. The standard InChI is InChI=1S/C27H21NO8/c1-15(29)20-11-23-24(35-14-34-23)12-21(20)28-25(30)13-33-26(31)17-7-8-19-18(9-17)10-22(36-27(19)32)16-5-3-2-4-6-16/h2-9,11-12,22H,10,13-14H2,1H3,(H,28,30). The molecule has 3 aromatic carbocycles. The van der Waals surface area contributed by atoms with E-state index in [0.717, 1.165) is 5.56 Å². The number of rotatable bonds is 6. The largest absolute Gasteiger partial charge is 0.454 e. The van der Waals surface area contributed by atoms with Gasteiger partial charge in [-0.1, -0.05) is 30.3 Å². The number of ether oxygens (including phenoxy) is 4. The molecule has 0 bridgehead atoms. The van der Waals surface area contributed by atoms with Gasteiger partial charge in [-0.2, -0.15) is 0 Å². The number of Topliss-reactive ketones (excluding diaryl/α,β-unsaturated/α-hetero) is 1. The number of cyclic esters (lactones) is 1. The summed E-state index contributed by atoms with van der Waals surface area (Å²) in [5, 5.41) is 2.57. The lowest BCUT2D eigenvalue weighted by atomic mass is 9.93. The molecule has 1 unspecified atom stereocenters. The van der Waals surface area contributed by atoms with Crippen LogP contribution in [0.25, 0.3) is 0 Å². The molecular formula is C27H21NO8. The molecule has 0 aromatic heterocycles. The molecule has 36 heavy (non-hydrogen) atoms. The monoisotopic (exact) mass is 487 g/mol. The molecule has 3 aromatic rings. The van der Waals surface area contributed by atoms with Gasteiger partial charge in [0, 0.05) is 18.1 Å². The van der Waals surface area contributed by atoms with Gasteiger partial charge in [-0.15, -0.1) is 0 Å². The molecule has 2 aliphatic heterocycles. The molecule has 0 spiro atoms. The van der Waals surface area contributed by atoms with Gasteiger partial charge in [0.25, 0.3) is 5.91 Å². The van der Waals surface area contributed by atoms with E-state index in [9.17, 15) is 19.2 Å². The van der Waals surface area contributed by atoms with Crippen LogP contribution in [-0.4, -0.2) is 37.0 Å². The summed E-state index contributed by atoms with van der Waals surface area (Å²) >= 11 is 0. The van der Waals surface area contributed by atoms with Gasteiger partial charge in [0.2, 0.25) is 6.79 Å². The van der Waals surface area contributed by atoms with E-state index in [0.29, 0.717) is 29.0 Å². The third-order valence-corrected chi connectivity index (χ3v) is 5.89. The first-order valence-corrected chi connectivity index (χ1v) is 11.2. The predicted molar refractivity (Wildman–Crippen MR) is 126 cm³/mol. The summed E-state index contributed by atoms with van der Waals surface area (Å²) in [5.74, 6) is -1.28. The van der Waals surface area contributed by atoms with Crippen LogP contribution in [0, 0.1) is 0 Å². The van der Waals surface area contributed by atoms with Crippen molar-refractivity contribution in [2.75, 3.05) is 18.7 Å². The van der Waals surface area contributed by atoms with E-state index in [1.165, 1.54) is 31.2 Å². The minimum Gasteiger partial charge on any atom is -0.454 e. The first-order chi connectivity index (χ1) is 17.4. The fourth-order valence-electron chi connectivity index (χ4n) is 4.11. The Morgan fingerprint density at radius 2 is 1.75 bits per heavy atom. The summed E-state index contributed by atoms with van der Waals surface area (Å²) in [7, 11) is 0. The number of fused-ring (bicyclic) bond motifs is 2. The van der Waals surface area contributed by atoms with Crippen molar-refractivity contribution in [2.24, 2.45) is 0 Å². The van der Waals surface area contributed by atoms with Gasteiger partial charge in [0.15, 0.2) is 23.9 Å². The van der Waals surface area contributed by atoms with Gasteiger partial charge < -0.3 is 24.3 Å². The highest BCUT2D eigenvalue weighted by molar-refractivity contribution is 6.05. The van der Waals surface area contributed by atoms with Crippen molar-refractivity contribution in [3.05, 3.63) is 88.5 Å². The summed E-state index contributed by atoms with van der Waals surface area (Å²) in [6.07, 6.45) is -0.0506. The zero-order chi connectivity index (χ0) is 25.2. The molecule has 1 N–H and O–H groups in total. The number of anilines is 1. The fraction of sp³-hybridized carbons (Fsp3) is 0.185. The molecule has 9 nitrogen and oxygen atoms in total. The van der Waals surface area contributed by atoms with Crippen LogP contribution in [0.5, 0.6) is 11.5 Å². The van der Waals surface area contributed by atoms with E-state index in [1.54, 1.807) is 6.07 Å². The van der Waals surface area contributed by atoms with E-state index < -0.39 is 30.6 Å². The van der Waals surface area contributed by atoms with Crippen LogP contribution >= 0.6 is 0 Å². The minimum absolute atomic E-state index is 0.0201. The van der Waals surface area contributed by atoms with E-state index in [-0.39, 0.29) is 29.4 Å². The van der Waals surface area contributed by atoms with Gasteiger partial charge in [0.05, 0.1) is 16.8 Å². The van der Waals surface area contributed by atoms with E-state index in [4.69, 9.17) is 18.9 Å². The Labute approximate surface area is 205 Å². The second-order valence-corrected chi connectivity index (χ2v) is 8.31. The lowest BCUT2D eigenvalue weighted by Crippen LogP contribution is -2.24. The third-order valence-electron chi connectivity index (χ3n) is 5.89. The van der Waals surface area contributed by atoms with Gasteiger partial charge in [-0.3, -0.25) is 9.59 Å². The maximum absolute atomic E-state index is 12.6. The molecule has 0 saturated carbocycles. The van der Waals surface area contributed by atoms with Crippen molar-refractivity contribution in [3.8, 4) is 11.5 Å². The minimum atomic E-state index is -0.722. The molecule has 0 fully saturated rings. The van der Waals surface area contributed by atoms with Gasteiger partial charge >= 0.3 is 11.9 Å². The molecule has 2 heterocycles. The lowest BCUT2D eigenvalue weighted by Gasteiger charge is -2.25. The third kappa shape index (κ3) is 4.63.